The highest BCUT2D eigenvalue weighted by Gasteiger charge is 2.20. The van der Waals surface area contributed by atoms with Crippen molar-refractivity contribution >= 4 is 5.91 Å². The summed E-state index contributed by atoms with van der Waals surface area (Å²) in [5.41, 5.74) is 6.83. The van der Waals surface area contributed by atoms with Gasteiger partial charge in [-0.15, -0.1) is 0 Å². The number of benzene rings is 1. The Kier molecular flexibility index (Phi) is 6.26. The van der Waals surface area contributed by atoms with Crippen molar-refractivity contribution in [1.29, 1.82) is 0 Å². The molecule has 1 aliphatic rings. The molecule has 1 saturated carbocycles. The maximum Gasteiger partial charge on any atom is 0.251 e. The molecule has 112 valence electrons. The smallest absolute Gasteiger partial charge is 0.251 e. The molecule has 0 unspecified atom stereocenters. The Balaban J connectivity index is 1.64. The zero-order valence-electron chi connectivity index (χ0n) is 12.2. The van der Waals surface area contributed by atoms with E-state index in [0.717, 1.165) is 24.5 Å². The van der Waals surface area contributed by atoms with E-state index in [-0.39, 0.29) is 5.91 Å². The summed E-state index contributed by atoms with van der Waals surface area (Å²) in [6, 6.07) is 7.21. The molecule has 0 heterocycles. The van der Waals surface area contributed by atoms with Crippen molar-refractivity contribution in [3.05, 3.63) is 35.4 Å². The molecular weight excluding hydrogens is 264 g/mol. The van der Waals surface area contributed by atoms with Crippen LogP contribution in [0.2, 0.25) is 0 Å². The van der Waals surface area contributed by atoms with Gasteiger partial charge in [0, 0.05) is 30.9 Å². The minimum Gasteiger partial charge on any atom is -0.381 e. The number of nitrogens with one attached hydrogen (secondary N) is 1. The van der Waals surface area contributed by atoms with E-state index in [1.165, 1.54) is 12.8 Å². The molecule has 0 aliphatic heterocycles. The topological polar surface area (TPSA) is 64.4 Å². The van der Waals surface area contributed by atoms with E-state index in [4.69, 9.17) is 10.5 Å². The summed E-state index contributed by atoms with van der Waals surface area (Å²) < 4.78 is 5.52. The minimum atomic E-state index is -0.0597. The van der Waals surface area contributed by atoms with Gasteiger partial charge in [0.25, 0.3) is 5.91 Å². The second-order valence-electron chi connectivity index (χ2n) is 5.21. The molecule has 3 N–H and O–H groups in total. The molecule has 1 aliphatic carbocycles. The highest BCUT2D eigenvalue weighted by Crippen LogP contribution is 2.28. The maximum atomic E-state index is 11.9. The van der Waals surface area contributed by atoms with E-state index >= 15 is 0 Å². The summed E-state index contributed by atoms with van der Waals surface area (Å²) >= 11 is 0. The van der Waals surface area contributed by atoms with Crippen LogP contribution in [-0.4, -0.2) is 32.2 Å². The van der Waals surface area contributed by atoms with Gasteiger partial charge in [0.15, 0.2) is 0 Å². The monoisotopic (exact) mass is 286 g/mol. The fourth-order valence-corrected chi connectivity index (χ4v) is 1.87. The lowest BCUT2D eigenvalue weighted by molar-refractivity contribution is 0.0937. The number of hydrogen-bond acceptors (Lipinski definition) is 3. The van der Waals surface area contributed by atoms with Gasteiger partial charge in [-0.25, -0.2) is 0 Å². The highest BCUT2D eigenvalue weighted by molar-refractivity contribution is 5.94. The molecule has 21 heavy (non-hydrogen) atoms. The van der Waals surface area contributed by atoms with Gasteiger partial charge in [-0.2, -0.15) is 0 Å². The number of amides is 1. The van der Waals surface area contributed by atoms with Crippen LogP contribution in [0.4, 0.5) is 0 Å². The van der Waals surface area contributed by atoms with Gasteiger partial charge in [0.05, 0.1) is 6.54 Å². The number of hydrogen-bond donors (Lipinski definition) is 2. The van der Waals surface area contributed by atoms with E-state index in [1.54, 1.807) is 12.1 Å². The molecule has 1 aromatic carbocycles. The Morgan fingerprint density at radius 2 is 2.10 bits per heavy atom. The molecule has 0 radical (unpaired) electrons. The lowest BCUT2D eigenvalue weighted by Crippen LogP contribution is -2.25. The first-order valence-electron chi connectivity index (χ1n) is 7.44. The molecule has 0 spiro atoms. The molecule has 4 nitrogen and oxygen atoms in total. The summed E-state index contributed by atoms with van der Waals surface area (Å²) in [5.74, 6) is 6.44. The van der Waals surface area contributed by atoms with Gasteiger partial charge in [0.2, 0.25) is 0 Å². The molecule has 4 heteroatoms. The number of carbonyl (C=O) groups is 1. The van der Waals surface area contributed by atoms with Gasteiger partial charge >= 0.3 is 0 Å². The average molecular weight is 286 g/mol. The SMILES string of the molecule is NCC#Cc1ccc(C(=O)NCCCOCC2CC2)cc1. The fourth-order valence-electron chi connectivity index (χ4n) is 1.87. The molecule has 1 aromatic rings. The molecule has 2 rings (SSSR count). The van der Waals surface area contributed by atoms with Crippen LogP contribution in [0, 0.1) is 17.8 Å². The van der Waals surface area contributed by atoms with Crippen LogP contribution in [0.5, 0.6) is 0 Å². The summed E-state index contributed by atoms with van der Waals surface area (Å²) in [4.78, 5) is 11.9. The van der Waals surface area contributed by atoms with Crippen molar-refractivity contribution in [1.82, 2.24) is 5.32 Å². The number of rotatable bonds is 7. The van der Waals surface area contributed by atoms with Crippen LogP contribution in [0.1, 0.15) is 35.2 Å². The van der Waals surface area contributed by atoms with Crippen LogP contribution in [-0.2, 0) is 4.74 Å². The van der Waals surface area contributed by atoms with Gasteiger partial charge in [-0.05, 0) is 49.4 Å². The molecular formula is C17H22N2O2. The zero-order chi connectivity index (χ0) is 14.9. The summed E-state index contributed by atoms with van der Waals surface area (Å²) in [5, 5.41) is 2.89. The van der Waals surface area contributed by atoms with Gasteiger partial charge < -0.3 is 15.8 Å². The Morgan fingerprint density at radius 1 is 1.33 bits per heavy atom. The minimum absolute atomic E-state index is 0.0597. The van der Waals surface area contributed by atoms with E-state index in [1.807, 2.05) is 12.1 Å². The summed E-state index contributed by atoms with van der Waals surface area (Å²) in [6.45, 7) is 2.56. The third-order valence-corrected chi connectivity index (χ3v) is 3.28. The predicted molar refractivity (Wildman–Crippen MR) is 82.9 cm³/mol. The lowest BCUT2D eigenvalue weighted by Gasteiger charge is -2.06. The lowest BCUT2D eigenvalue weighted by atomic mass is 10.1. The Labute approximate surface area is 126 Å². The normalized spacial score (nSPS) is 13.4. The Bertz CT molecular complexity index is 510. The van der Waals surface area contributed by atoms with Gasteiger partial charge in [-0.3, -0.25) is 4.79 Å². The first kappa shape index (κ1) is 15.6. The van der Waals surface area contributed by atoms with Crippen molar-refractivity contribution in [2.45, 2.75) is 19.3 Å². The molecule has 1 amide bonds. The van der Waals surface area contributed by atoms with E-state index < -0.39 is 0 Å². The molecule has 0 atom stereocenters. The van der Waals surface area contributed by atoms with Crippen LogP contribution in [0.15, 0.2) is 24.3 Å². The maximum absolute atomic E-state index is 11.9. The second-order valence-corrected chi connectivity index (χ2v) is 5.21. The number of ether oxygens (including phenoxy) is 1. The number of nitrogens with two attached hydrogens (primary N) is 1. The van der Waals surface area contributed by atoms with Crippen LogP contribution in [0.25, 0.3) is 0 Å². The first-order chi connectivity index (χ1) is 10.3. The fraction of sp³-hybridized carbons (Fsp3) is 0.471. The van der Waals surface area contributed by atoms with Crippen LogP contribution in [0.3, 0.4) is 0 Å². The van der Waals surface area contributed by atoms with Crippen molar-refractivity contribution in [2.24, 2.45) is 11.7 Å². The first-order valence-corrected chi connectivity index (χ1v) is 7.44. The Hall–Kier alpha value is -1.83. The largest absolute Gasteiger partial charge is 0.381 e. The van der Waals surface area contributed by atoms with Gasteiger partial charge in [-0.1, -0.05) is 11.8 Å². The van der Waals surface area contributed by atoms with Gasteiger partial charge in [0.1, 0.15) is 0 Å². The summed E-state index contributed by atoms with van der Waals surface area (Å²) in [7, 11) is 0. The third kappa shape index (κ3) is 5.99. The standard InChI is InChI=1S/C17H22N2O2/c18-10-1-3-14-6-8-16(9-7-14)17(20)19-11-2-12-21-13-15-4-5-15/h6-9,15H,2,4-5,10-13,18H2,(H,19,20). The zero-order valence-corrected chi connectivity index (χ0v) is 12.2. The van der Waals surface area contributed by atoms with E-state index in [9.17, 15) is 4.79 Å². The molecule has 0 aromatic heterocycles. The van der Waals surface area contributed by atoms with E-state index in [2.05, 4.69) is 17.2 Å². The van der Waals surface area contributed by atoms with Crippen molar-refractivity contribution in [3.63, 3.8) is 0 Å². The second kappa shape index (κ2) is 8.46. The van der Waals surface area contributed by atoms with Crippen molar-refractivity contribution < 1.29 is 9.53 Å². The number of carbonyl (C=O) groups excluding carboxylic acids is 1. The molecule has 0 bridgehead atoms. The van der Waals surface area contributed by atoms with Crippen LogP contribution < -0.4 is 11.1 Å². The van der Waals surface area contributed by atoms with Crippen molar-refractivity contribution in [2.75, 3.05) is 26.3 Å². The van der Waals surface area contributed by atoms with Crippen molar-refractivity contribution in [3.8, 4) is 11.8 Å². The average Bonchev–Trinajstić information content (AvgIpc) is 3.33. The Morgan fingerprint density at radius 3 is 2.76 bits per heavy atom. The van der Waals surface area contributed by atoms with Crippen LogP contribution >= 0.6 is 0 Å². The molecule has 1 fully saturated rings. The summed E-state index contributed by atoms with van der Waals surface area (Å²) in [6.07, 6.45) is 3.46. The third-order valence-electron chi connectivity index (χ3n) is 3.28. The predicted octanol–water partition coefficient (Wildman–Crippen LogP) is 1.54. The van der Waals surface area contributed by atoms with E-state index in [0.29, 0.717) is 25.3 Å². The molecule has 0 saturated heterocycles. The quantitative estimate of drug-likeness (QED) is 0.590. The highest BCUT2D eigenvalue weighted by atomic mass is 16.5.